The summed E-state index contributed by atoms with van der Waals surface area (Å²) in [6.45, 7) is 1.68. The number of hydrogen-bond acceptors (Lipinski definition) is 4. The van der Waals surface area contributed by atoms with E-state index in [1.54, 1.807) is 31.3 Å². The molecule has 0 unspecified atom stereocenters. The maximum Gasteiger partial charge on any atom is 0.191 e. The Hall–Kier alpha value is -2.83. The molecule has 0 bridgehead atoms. The molecule has 0 saturated heterocycles. The number of hydrogen-bond donors (Lipinski definition) is 0. The van der Waals surface area contributed by atoms with Crippen molar-refractivity contribution in [3.05, 3.63) is 54.0 Å². The zero-order valence-corrected chi connectivity index (χ0v) is 11.9. The van der Waals surface area contributed by atoms with Crippen molar-refractivity contribution in [1.82, 2.24) is 19.7 Å². The summed E-state index contributed by atoms with van der Waals surface area (Å²) >= 11 is 0. The molecule has 2 aromatic heterocycles. The minimum Gasteiger partial charge on any atom is -0.491 e. The lowest BCUT2D eigenvalue weighted by Crippen LogP contribution is -2.04. The average Bonchev–Trinajstić information content (AvgIpc) is 2.90. The van der Waals surface area contributed by atoms with Gasteiger partial charge in [0, 0.05) is 6.20 Å². The highest BCUT2D eigenvalue weighted by Crippen LogP contribution is 2.31. The van der Waals surface area contributed by atoms with Gasteiger partial charge in [0.25, 0.3) is 0 Å². The first kappa shape index (κ1) is 14.1. The van der Waals surface area contributed by atoms with E-state index in [2.05, 4.69) is 15.1 Å². The van der Waals surface area contributed by atoms with E-state index in [1.165, 1.54) is 17.9 Å². The molecule has 0 radical (unpaired) electrons. The monoisotopic (exact) mass is 302 g/mol. The Morgan fingerprint density at radius 1 is 1.14 bits per heavy atom. The van der Waals surface area contributed by atoms with E-state index in [9.17, 15) is 8.78 Å². The van der Waals surface area contributed by atoms with Gasteiger partial charge in [0.05, 0.1) is 12.7 Å². The van der Waals surface area contributed by atoms with Crippen LogP contribution in [0.2, 0.25) is 0 Å². The summed E-state index contributed by atoms with van der Waals surface area (Å²) in [4.78, 5) is 8.39. The number of pyridine rings is 1. The third-order valence-corrected chi connectivity index (χ3v) is 3.07. The molecule has 0 aliphatic carbocycles. The molecule has 0 fully saturated rings. The van der Waals surface area contributed by atoms with Gasteiger partial charge in [-0.15, -0.1) is 5.10 Å². The molecule has 7 heteroatoms. The van der Waals surface area contributed by atoms with E-state index >= 15 is 0 Å². The fraction of sp³-hybridized carbons (Fsp3) is 0.133. The van der Waals surface area contributed by atoms with Gasteiger partial charge in [-0.3, -0.25) is 0 Å². The first-order valence-corrected chi connectivity index (χ1v) is 6.49. The zero-order chi connectivity index (χ0) is 15.7. The van der Waals surface area contributed by atoms with Crippen LogP contribution < -0.4 is 4.74 Å². The lowest BCUT2D eigenvalue weighted by molar-refractivity contribution is 0.360. The highest BCUT2D eigenvalue weighted by molar-refractivity contribution is 5.61. The molecule has 0 aliphatic rings. The second kappa shape index (κ2) is 5.51. The summed E-state index contributed by atoms with van der Waals surface area (Å²) in [7, 11) is 1.21. The molecule has 5 nitrogen and oxygen atoms in total. The Morgan fingerprint density at radius 2 is 1.95 bits per heavy atom. The van der Waals surface area contributed by atoms with E-state index in [0.29, 0.717) is 11.6 Å². The van der Waals surface area contributed by atoms with Crippen LogP contribution in [0.4, 0.5) is 8.78 Å². The SMILES string of the molecule is COc1c(F)ccc(-c2nc(C)nn2-c2ccccn2)c1F. The van der Waals surface area contributed by atoms with Crippen LogP contribution in [0, 0.1) is 18.6 Å². The molecule has 0 N–H and O–H groups in total. The molecule has 3 aromatic rings. The van der Waals surface area contributed by atoms with Crippen molar-refractivity contribution in [2.24, 2.45) is 0 Å². The normalized spacial score (nSPS) is 10.7. The van der Waals surface area contributed by atoms with Crippen LogP contribution in [-0.2, 0) is 0 Å². The number of aromatic nitrogens is 4. The summed E-state index contributed by atoms with van der Waals surface area (Å²) in [5.41, 5.74) is 0.0875. The molecule has 112 valence electrons. The van der Waals surface area contributed by atoms with Crippen LogP contribution in [0.5, 0.6) is 5.75 Å². The van der Waals surface area contributed by atoms with E-state index in [0.717, 1.165) is 6.07 Å². The van der Waals surface area contributed by atoms with Gasteiger partial charge in [0.2, 0.25) is 0 Å². The lowest BCUT2D eigenvalue weighted by Gasteiger charge is -2.09. The third-order valence-electron chi connectivity index (χ3n) is 3.07. The molecule has 2 heterocycles. The minimum absolute atomic E-state index is 0.0875. The van der Waals surface area contributed by atoms with Crippen molar-refractivity contribution in [3.8, 4) is 23.0 Å². The van der Waals surface area contributed by atoms with Gasteiger partial charge in [-0.1, -0.05) is 6.07 Å². The molecule has 0 spiro atoms. The average molecular weight is 302 g/mol. The van der Waals surface area contributed by atoms with Crippen molar-refractivity contribution in [2.75, 3.05) is 7.11 Å². The standard InChI is InChI=1S/C15H12F2N4O/c1-9-19-15(21(20-9)12-5-3-4-8-18-12)10-6-7-11(16)14(22-2)13(10)17/h3-8H,1-2H3. The summed E-state index contributed by atoms with van der Waals surface area (Å²) < 4.78 is 34.2. The lowest BCUT2D eigenvalue weighted by atomic mass is 10.1. The molecular formula is C15H12F2N4O. The van der Waals surface area contributed by atoms with Crippen LogP contribution in [0.3, 0.4) is 0 Å². The topological polar surface area (TPSA) is 52.8 Å². The number of benzene rings is 1. The van der Waals surface area contributed by atoms with E-state index in [-0.39, 0.29) is 11.4 Å². The second-order valence-corrected chi connectivity index (χ2v) is 4.52. The highest BCUT2D eigenvalue weighted by Gasteiger charge is 2.21. The second-order valence-electron chi connectivity index (χ2n) is 4.52. The predicted molar refractivity (Wildman–Crippen MR) is 75.8 cm³/mol. The molecule has 22 heavy (non-hydrogen) atoms. The smallest absolute Gasteiger partial charge is 0.191 e. The van der Waals surface area contributed by atoms with Crippen LogP contribution in [0.15, 0.2) is 36.5 Å². The molecule has 0 aliphatic heterocycles. The Bertz CT molecular complexity index is 818. The molecule has 0 amide bonds. The summed E-state index contributed by atoms with van der Waals surface area (Å²) in [6, 6.07) is 7.69. The fourth-order valence-corrected chi connectivity index (χ4v) is 2.12. The number of halogens is 2. The summed E-state index contributed by atoms with van der Waals surface area (Å²) in [5.74, 6) is -0.890. The molecular weight excluding hydrogens is 290 g/mol. The Labute approximate surface area is 125 Å². The Kier molecular flexibility index (Phi) is 3.54. The number of rotatable bonds is 3. The molecule has 0 atom stereocenters. The Balaban J connectivity index is 2.22. The first-order chi connectivity index (χ1) is 10.6. The van der Waals surface area contributed by atoms with Crippen LogP contribution >= 0.6 is 0 Å². The van der Waals surface area contributed by atoms with Crippen LogP contribution in [0.25, 0.3) is 17.2 Å². The van der Waals surface area contributed by atoms with Gasteiger partial charge >= 0.3 is 0 Å². The van der Waals surface area contributed by atoms with Crippen molar-refractivity contribution in [2.45, 2.75) is 6.92 Å². The fourth-order valence-electron chi connectivity index (χ4n) is 2.12. The van der Waals surface area contributed by atoms with Crippen LogP contribution in [-0.4, -0.2) is 26.9 Å². The van der Waals surface area contributed by atoms with Gasteiger partial charge in [0.1, 0.15) is 5.82 Å². The minimum atomic E-state index is -0.827. The number of methoxy groups -OCH3 is 1. The van der Waals surface area contributed by atoms with Gasteiger partial charge < -0.3 is 4.74 Å². The maximum atomic E-state index is 14.5. The van der Waals surface area contributed by atoms with Crippen molar-refractivity contribution in [1.29, 1.82) is 0 Å². The van der Waals surface area contributed by atoms with Gasteiger partial charge in [-0.25, -0.2) is 18.7 Å². The van der Waals surface area contributed by atoms with Crippen molar-refractivity contribution in [3.63, 3.8) is 0 Å². The quantitative estimate of drug-likeness (QED) is 0.746. The van der Waals surface area contributed by atoms with E-state index in [1.807, 2.05) is 0 Å². The summed E-state index contributed by atoms with van der Waals surface area (Å²) in [6.07, 6.45) is 1.59. The zero-order valence-electron chi connectivity index (χ0n) is 11.9. The van der Waals surface area contributed by atoms with Crippen molar-refractivity contribution >= 4 is 0 Å². The maximum absolute atomic E-state index is 14.5. The van der Waals surface area contributed by atoms with Crippen LogP contribution in [0.1, 0.15) is 5.82 Å². The molecule has 0 saturated carbocycles. The largest absolute Gasteiger partial charge is 0.491 e. The Morgan fingerprint density at radius 3 is 2.64 bits per heavy atom. The molecule has 3 rings (SSSR count). The predicted octanol–water partition coefficient (Wildman–Crippen LogP) is 2.92. The van der Waals surface area contributed by atoms with Gasteiger partial charge in [-0.05, 0) is 31.2 Å². The number of aryl methyl sites for hydroxylation is 1. The third kappa shape index (κ3) is 2.30. The van der Waals surface area contributed by atoms with Crippen molar-refractivity contribution < 1.29 is 13.5 Å². The highest BCUT2D eigenvalue weighted by atomic mass is 19.1. The van der Waals surface area contributed by atoms with Gasteiger partial charge in [0.15, 0.2) is 29.0 Å². The summed E-state index contributed by atoms with van der Waals surface area (Å²) in [5, 5.41) is 4.22. The van der Waals surface area contributed by atoms with E-state index in [4.69, 9.17) is 4.74 Å². The van der Waals surface area contributed by atoms with Gasteiger partial charge in [-0.2, -0.15) is 4.68 Å². The first-order valence-electron chi connectivity index (χ1n) is 6.49. The molecule has 1 aromatic carbocycles. The van der Waals surface area contributed by atoms with E-state index < -0.39 is 17.4 Å². The number of nitrogens with zero attached hydrogens (tertiary/aromatic N) is 4. The number of ether oxygens (including phenoxy) is 1.